The highest BCUT2D eigenvalue weighted by Gasteiger charge is 2.68. The maximum atomic E-state index is 13.7. The van der Waals surface area contributed by atoms with E-state index < -0.39 is 0 Å². The summed E-state index contributed by atoms with van der Waals surface area (Å²) in [7, 11) is 0. The highest BCUT2D eigenvalue weighted by Crippen LogP contribution is 2.67. The van der Waals surface area contributed by atoms with E-state index in [0.29, 0.717) is 42.1 Å². The van der Waals surface area contributed by atoms with Crippen LogP contribution < -0.4 is 0 Å². The number of carbonyl (C=O) groups excluding carboxylic acids is 3. The molecule has 1 amide bonds. The number of fused-ring (bicyclic) bond motifs is 4. The van der Waals surface area contributed by atoms with Crippen molar-refractivity contribution in [2.24, 2.45) is 45.3 Å². The minimum atomic E-state index is -0.304. The van der Waals surface area contributed by atoms with Crippen molar-refractivity contribution in [2.45, 2.75) is 67.2 Å². The van der Waals surface area contributed by atoms with Crippen LogP contribution in [-0.4, -0.2) is 35.5 Å². The molecule has 4 fully saturated rings. The molecule has 0 N–H and O–H groups in total. The van der Waals surface area contributed by atoms with Gasteiger partial charge in [0.2, 0.25) is 0 Å². The third-order valence-electron chi connectivity index (χ3n) is 11.5. The number of hydrogen-bond donors (Lipinski definition) is 0. The fourth-order valence-corrected chi connectivity index (χ4v) is 8.45. The average Bonchev–Trinajstić information content (AvgIpc) is 3.26. The van der Waals surface area contributed by atoms with Gasteiger partial charge in [0.25, 0.3) is 5.91 Å². The van der Waals surface area contributed by atoms with Crippen molar-refractivity contribution in [3.05, 3.63) is 35.9 Å². The Bertz CT molecular complexity index is 955. The van der Waals surface area contributed by atoms with Crippen LogP contribution in [0.2, 0.25) is 0 Å². The Labute approximate surface area is 198 Å². The lowest BCUT2D eigenvalue weighted by Crippen LogP contribution is -2.46. The Hall–Kier alpha value is -1.97. The van der Waals surface area contributed by atoms with E-state index in [1.165, 1.54) is 0 Å². The second-order valence-corrected chi connectivity index (χ2v) is 12.9. The lowest BCUT2D eigenvalue weighted by atomic mass is 9.70. The topological polar surface area (TPSA) is 54.5 Å². The second-order valence-electron chi connectivity index (χ2n) is 12.9. The van der Waals surface area contributed by atoms with Gasteiger partial charge in [-0.2, -0.15) is 0 Å². The van der Waals surface area contributed by atoms with Gasteiger partial charge in [-0.25, -0.2) is 0 Å². The first-order valence-electron chi connectivity index (χ1n) is 12.8. The van der Waals surface area contributed by atoms with Crippen LogP contribution in [0.4, 0.5) is 0 Å². The van der Waals surface area contributed by atoms with Gasteiger partial charge >= 0.3 is 0 Å². The van der Waals surface area contributed by atoms with Crippen molar-refractivity contribution in [2.75, 3.05) is 13.1 Å². The quantitative estimate of drug-likeness (QED) is 0.604. The van der Waals surface area contributed by atoms with Crippen LogP contribution in [0.3, 0.4) is 0 Å². The summed E-state index contributed by atoms with van der Waals surface area (Å²) in [5.41, 5.74) is -0.0649. The van der Waals surface area contributed by atoms with E-state index in [1.54, 1.807) is 0 Å². The standard InChI is InChI=1S/C29H39NO3/c1-26(2)21-12-14-28(26,5)23(31)19(21)16-30(25(33)18-10-8-7-9-11-18)17-20-22-13-15-29(6,24(20)32)27(22,3)4/h7-11,19-22H,12-17H2,1-6H3/t19-,20-,21-,22+,28-,29-/m1/s1. The van der Waals surface area contributed by atoms with Gasteiger partial charge in [-0.15, -0.1) is 0 Å². The first-order valence-corrected chi connectivity index (χ1v) is 12.8. The van der Waals surface area contributed by atoms with Crippen LogP contribution in [-0.2, 0) is 9.59 Å². The minimum absolute atomic E-state index is 0.0477. The fraction of sp³-hybridized carbons (Fsp3) is 0.690. The van der Waals surface area contributed by atoms with Gasteiger partial charge < -0.3 is 4.90 Å². The molecule has 4 aliphatic rings. The molecule has 0 unspecified atom stereocenters. The number of hydrogen-bond acceptors (Lipinski definition) is 3. The largest absolute Gasteiger partial charge is 0.337 e. The molecule has 1 aromatic rings. The molecule has 4 saturated carbocycles. The Balaban J connectivity index is 1.46. The Morgan fingerprint density at radius 2 is 1.21 bits per heavy atom. The van der Waals surface area contributed by atoms with E-state index in [1.807, 2.05) is 35.2 Å². The van der Waals surface area contributed by atoms with Gasteiger partial charge in [-0.1, -0.05) is 59.7 Å². The summed E-state index contributed by atoms with van der Waals surface area (Å²) in [6, 6.07) is 9.36. The van der Waals surface area contributed by atoms with Gasteiger partial charge in [-0.05, 0) is 60.5 Å². The van der Waals surface area contributed by atoms with E-state index in [4.69, 9.17) is 0 Å². The summed E-state index contributed by atoms with van der Waals surface area (Å²) < 4.78 is 0. The molecule has 0 aromatic heterocycles. The van der Waals surface area contributed by atoms with Crippen molar-refractivity contribution in [1.29, 1.82) is 0 Å². The average molecular weight is 450 g/mol. The number of carbonyl (C=O) groups is 3. The number of ketones is 2. The molecule has 0 aliphatic heterocycles. The summed E-state index contributed by atoms with van der Waals surface area (Å²) in [6.07, 6.45) is 3.98. The van der Waals surface area contributed by atoms with Crippen molar-refractivity contribution >= 4 is 17.5 Å². The molecule has 1 aromatic carbocycles. The predicted molar refractivity (Wildman–Crippen MR) is 129 cm³/mol. The zero-order valence-electron chi connectivity index (χ0n) is 21.1. The molecule has 0 heterocycles. The van der Waals surface area contributed by atoms with Gasteiger partial charge in [0.05, 0.1) is 0 Å². The van der Waals surface area contributed by atoms with E-state index in [0.717, 1.165) is 25.7 Å². The smallest absolute Gasteiger partial charge is 0.253 e. The summed E-state index contributed by atoms with van der Waals surface area (Å²) >= 11 is 0. The van der Waals surface area contributed by atoms with Crippen LogP contribution in [0, 0.1) is 45.3 Å². The molecule has 4 heteroatoms. The third-order valence-corrected chi connectivity index (χ3v) is 11.5. The van der Waals surface area contributed by atoms with Gasteiger partial charge in [0.15, 0.2) is 0 Å². The molecule has 4 aliphatic carbocycles. The van der Waals surface area contributed by atoms with E-state index in [2.05, 4.69) is 41.5 Å². The summed E-state index contributed by atoms with van der Waals surface area (Å²) in [5, 5.41) is 0. The second kappa shape index (κ2) is 7.02. The number of nitrogens with zero attached hydrogens (tertiary/aromatic N) is 1. The zero-order chi connectivity index (χ0) is 24.0. The van der Waals surface area contributed by atoms with Crippen LogP contribution in [0.1, 0.15) is 77.6 Å². The van der Waals surface area contributed by atoms with Gasteiger partial charge in [0, 0.05) is 41.3 Å². The highest BCUT2D eigenvalue weighted by molar-refractivity contribution is 5.97. The molecular weight excluding hydrogens is 410 g/mol. The van der Waals surface area contributed by atoms with Crippen molar-refractivity contribution in [1.82, 2.24) is 4.90 Å². The lowest BCUT2D eigenvalue weighted by molar-refractivity contribution is -0.132. The summed E-state index contributed by atoms with van der Waals surface area (Å²) in [4.78, 5) is 42.8. The Morgan fingerprint density at radius 3 is 1.58 bits per heavy atom. The molecule has 4 bridgehead atoms. The third kappa shape index (κ3) is 2.79. The van der Waals surface area contributed by atoms with Gasteiger partial charge in [-0.3, -0.25) is 14.4 Å². The summed E-state index contributed by atoms with van der Waals surface area (Å²) in [5.74, 6) is 0.916. The lowest BCUT2D eigenvalue weighted by Gasteiger charge is -2.34. The predicted octanol–water partition coefficient (Wildman–Crippen LogP) is 5.41. The molecule has 33 heavy (non-hydrogen) atoms. The first-order chi connectivity index (χ1) is 15.4. The highest BCUT2D eigenvalue weighted by atomic mass is 16.2. The van der Waals surface area contributed by atoms with Crippen LogP contribution in [0.15, 0.2) is 30.3 Å². The maximum absolute atomic E-state index is 13.7. The molecule has 0 saturated heterocycles. The first kappa shape index (κ1) is 22.8. The fourth-order valence-electron chi connectivity index (χ4n) is 8.45. The molecule has 6 atom stereocenters. The summed E-state index contributed by atoms with van der Waals surface area (Å²) in [6.45, 7) is 14.0. The molecular formula is C29H39NO3. The Kier molecular flexibility index (Phi) is 4.85. The SMILES string of the molecule is CC1(C)[C@@H]2CC[C@]1(C)C(=O)[C@@H]2CN(C[C@H]1C(=O)[C@@]2(C)CC[C@@H]1C2(C)C)C(=O)c1ccccc1. The zero-order valence-corrected chi connectivity index (χ0v) is 21.1. The van der Waals surface area contributed by atoms with Crippen molar-refractivity contribution < 1.29 is 14.4 Å². The van der Waals surface area contributed by atoms with Crippen molar-refractivity contribution in [3.63, 3.8) is 0 Å². The van der Waals surface area contributed by atoms with Gasteiger partial charge in [0.1, 0.15) is 11.6 Å². The monoisotopic (exact) mass is 449 g/mol. The van der Waals surface area contributed by atoms with Crippen LogP contribution >= 0.6 is 0 Å². The van der Waals surface area contributed by atoms with E-state index in [9.17, 15) is 14.4 Å². The number of Topliss-reactive ketones (excluding diaryl/α,β-unsaturated/α-hetero) is 2. The maximum Gasteiger partial charge on any atom is 0.253 e. The molecule has 0 spiro atoms. The number of rotatable bonds is 5. The number of amides is 1. The molecule has 4 nitrogen and oxygen atoms in total. The molecule has 178 valence electrons. The van der Waals surface area contributed by atoms with Crippen molar-refractivity contribution in [3.8, 4) is 0 Å². The van der Waals surface area contributed by atoms with Crippen LogP contribution in [0.5, 0.6) is 0 Å². The van der Waals surface area contributed by atoms with E-state index in [-0.39, 0.29) is 39.4 Å². The normalized spacial score (nSPS) is 39.9. The Morgan fingerprint density at radius 1 is 0.788 bits per heavy atom. The molecule has 5 rings (SSSR count). The number of benzene rings is 1. The molecule has 0 radical (unpaired) electrons. The minimum Gasteiger partial charge on any atom is -0.337 e. The van der Waals surface area contributed by atoms with Crippen LogP contribution in [0.25, 0.3) is 0 Å². The van der Waals surface area contributed by atoms with E-state index >= 15 is 0 Å².